The summed E-state index contributed by atoms with van der Waals surface area (Å²) in [6.45, 7) is 14.5. The van der Waals surface area contributed by atoms with Crippen molar-refractivity contribution in [1.82, 2.24) is 4.90 Å². The minimum absolute atomic E-state index is 0.0113. The predicted molar refractivity (Wildman–Crippen MR) is 91.5 cm³/mol. The van der Waals surface area contributed by atoms with Crippen LogP contribution in [0.25, 0.3) is 0 Å². The maximum Gasteiger partial charge on any atom is 0.411 e. The molecule has 6 nitrogen and oxygen atoms in total. The lowest BCUT2D eigenvalue weighted by molar-refractivity contribution is -0.158. The minimum Gasteiger partial charge on any atom is -0.458 e. The highest BCUT2D eigenvalue weighted by Gasteiger charge is 2.46. The number of hydrogen-bond donors (Lipinski definition) is 1. The fourth-order valence-electron chi connectivity index (χ4n) is 2.47. The average Bonchev–Trinajstić information content (AvgIpc) is 2.62. The minimum atomic E-state index is -0.962. The molecule has 0 radical (unpaired) electrons. The molecule has 0 saturated carbocycles. The summed E-state index contributed by atoms with van der Waals surface area (Å²) in [4.78, 5) is 26.4. The van der Waals surface area contributed by atoms with Gasteiger partial charge in [-0.2, -0.15) is 0 Å². The highest BCUT2D eigenvalue weighted by Crippen LogP contribution is 2.29. The van der Waals surface area contributed by atoms with E-state index in [1.54, 1.807) is 41.5 Å². The first kappa shape index (κ1) is 20.5. The molecule has 138 valence electrons. The lowest BCUT2D eigenvalue weighted by atomic mass is 10.0. The van der Waals surface area contributed by atoms with E-state index in [2.05, 4.69) is 0 Å². The second-order valence-electron chi connectivity index (χ2n) is 8.50. The Morgan fingerprint density at radius 2 is 1.62 bits per heavy atom. The first-order valence-corrected chi connectivity index (χ1v) is 8.33. The van der Waals surface area contributed by atoms with Crippen molar-refractivity contribution in [2.75, 3.05) is 6.54 Å². The van der Waals surface area contributed by atoms with Crippen molar-refractivity contribution < 1.29 is 24.2 Å². The standard InChI is InChI=1S/C18H31NO5/c1-11(2)9-12-13(20)10-19(16(22)24-18(6,7)8)14(12)15(21)23-17(3,4)5/h9,11,13-14,20H,10H2,1-8H3/b12-9-/t13-,14+/m1/s1. The van der Waals surface area contributed by atoms with Gasteiger partial charge in [0.25, 0.3) is 0 Å². The number of nitrogens with zero attached hydrogens (tertiary/aromatic N) is 1. The number of esters is 1. The lowest BCUT2D eigenvalue weighted by Crippen LogP contribution is -2.46. The van der Waals surface area contributed by atoms with E-state index >= 15 is 0 Å². The number of rotatable bonds is 2. The van der Waals surface area contributed by atoms with Crippen LogP contribution in [-0.4, -0.2) is 52.0 Å². The number of aliphatic hydroxyl groups excluding tert-OH is 1. The van der Waals surface area contributed by atoms with Gasteiger partial charge in [0.2, 0.25) is 0 Å². The number of β-amino-alcohol motifs (C(OH)–C–C–N with tert-alkyl or cyclic N) is 1. The van der Waals surface area contributed by atoms with Gasteiger partial charge < -0.3 is 14.6 Å². The van der Waals surface area contributed by atoms with Crippen LogP contribution < -0.4 is 0 Å². The van der Waals surface area contributed by atoms with E-state index in [0.717, 1.165) is 0 Å². The number of ether oxygens (including phenoxy) is 2. The Labute approximate surface area is 144 Å². The van der Waals surface area contributed by atoms with E-state index in [-0.39, 0.29) is 12.5 Å². The monoisotopic (exact) mass is 341 g/mol. The molecule has 6 heteroatoms. The molecule has 1 heterocycles. The predicted octanol–water partition coefficient (Wildman–Crippen LogP) is 2.89. The first-order valence-electron chi connectivity index (χ1n) is 8.33. The van der Waals surface area contributed by atoms with Crippen molar-refractivity contribution in [1.29, 1.82) is 0 Å². The normalized spacial score (nSPS) is 23.8. The van der Waals surface area contributed by atoms with Crippen molar-refractivity contribution in [2.24, 2.45) is 5.92 Å². The molecular weight excluding hydrogens is 310 g/mol. The molecule has 1 saturated heterocycles. The van der Waals surface area contributed by atoms with Crippen LogP contribution in [-0.2, 0) is 14.3 Å². The average molecular weight is 341 g/mol. The summed E-state index contributed by atoms with van der Waals surface area (Å²) >= 11 is 0. The van der Waals surface area contributed by atoms with Gasteiger partial charge in [-0.3, -0.25) is 4.90 Å². The van der Waals surface area contributed by atoms with Crippen LogP contribution in [0.4, 0.5) is 4.79 Å². The molecule has 0 aliphatic carbocycles. The van der Waals surface area contributed by atoms with Crippen molar-refractivity contribution in [3.05, 3.63) is 11.6 Å². The molecule has 0 bridgehead atoms. The van der Waals surface area contributed by atoms with Crippen LogP contribution in [0.2, 0.25) is 0 Å². The molecule has 0 aromatic carbocycles. The van der Waals surface area contributed by atoms with Crippen LogP contribution in [0, 0.1) is 5.92 Å². The smallest absolute Gasteiger partial charge is 0.411 e. The van der Waals surface area contributed by atoms with Crippen LogP contribution >= 0.6 is 0 Å². The summed E-state index contributed by atoms with van der Waals surface area (Å²) in [5.41, 5.74) is -0.886. The Balaban J connectivity index is 3.17. The summed E-state index contributed by atoms with van der Waals surface area (Å²) in [6, 6.07) is -0.962. The van der Waals surface area contributed by atoms with Gasteiger partial charge in [-0.1, -0.05) is 19.9 Å². The number of allylic oxidation sites excluding steroid dienone is 1. The number of likely N-dealkylation sites (tertiary alicyclic amines) is 1. The Morgan fingerprint density at radius 1 is 1.12 bits per heavy atom. The third-order valence-corrected chi connectivity index (χ3v) is 3.17. The summed E-state index contributed by atoms with van der Waals surface area (Å²) in [7, 11) is 0. The van der Waals surface area contributed by atoms with Gasteiger partial charge in [-0.25, -0.2) is 9.59 Å². The Kier molecular flexibility index (Phi) is 6.09. The third-order valence-electron chi connectivity index (χ3n) is 3.17. The molecule has 1 rings (SSSR count). The number of hydrogen-bond acceptors (Lipinski definition) is 5. The highest BCUT2D eigenvalue weighted by atomic mass is 16.6. The van der Waals surface area contributed by atoms with E-state index in [9.17, 15) is 14.7 Å². The van der Waals surface area contributed by atoms with Gasteiger partial charge in [-0.05, 0) is 53.0 Å². The Hall–Kier alpha value is -1.56. The summed E-state index contributed by atoms with van der Waals surface area (Å²) in [5, 5.41) is 10.3. The van der Waals surface area contributed by atoms with Crippen LogP contribution in [0.5, 0.6) is 0 Å². The van der Waals surface area contributed by atoms with Gasteiger partial charge in [0.15, 0.2) is 6.04 Å². The van der Waals surface area contributed by atoms with Gasteiger partial charge in [0, 0.05) is 0 Å². The van der Waals surface area contributed by atoms with Crippen LogP contribution in [0.15, 0.2) is 11.6 Å². The Bertz CT molecular complexity index is 510. The fourth-order valence-corrected chi connectivity index (χ4v) is 2.47. The molecule has 1 fully saturated rings. The quantitative estimate of drug-likeness (QED) is 0.617. The molecule has 1 amide bonds. The number of amides is 1. The zero-order chi connectivity index (χ0) is 18.9. The van der Waals surface area contributed by atoms with Gasteiger partial charge >= 0.3 is 12.1 Å². The van der Waals surface area contributed by atoms with E-state index in [1.165, 1.54) is 4.90 Å². The molecule has 24 heavy (non-hydrogen) atoms. The summed E-state index contributed by atoms with van der Waals surface area (Å²) in [6.07, 6.45) is 0.269. The zero-order valence-electron chi connectivity index (χ0n) is 16.0. The summed E-state index contributed by atoms with van der Waals surface area (Å²) in [5.74, 6) is -0.435. The number of carbonyl (C=O) groups is 2. The van der Waals surface area contributed by atoms with Crippen molar-refractivity contribution >= 4 is 12.1 Å². The maximum absolute atomic E-state index is 12.7. The molecular formula is C18H31NO5. The number of carbonyl (C=O) groups excluding carboxylic acids is 2. The molecule has 1 aliphatic heterocycles. The van der Waals surface area contributed by atoms with Crippen molar-refractivity contribution in [3.63, 3.8) is 0 Å². The van der Waals surface area contributed by atoms with Crippen molar-refractivity contribution in [2.45, 2.75) is 78.7 Å². The lowest BCUT2D eigenvalue weighted by Gasteiger charge is -2.29. The van der Waals surface area contributed by atoms with Crippen molar-refractivity contribution in [3.8, 4) is 0 Å². The third kappa shape index (κ3) is 5.82. The Morgan fingerprint density at radius 3 is 2.04 bits per heavy atom. The number of aliphatic hydroxyl groups is 1. The molecule has 2 atom stereocenters. The van der Waals surface area contributed by atoms with E-state index in [1.807, 2.05) is 19.9 Å². The summed E-state index contributed by atoms with van der Waals surface area (Å²) < 4.78 is 10.8. The molecule has 1 aliphatic rings. The van der Waals surface area contributed by atoms with E-state index in [4.69, 9.17) is 9.47 Å². The van der Waals surface area contributed by atoms with E-state index in [0.29, 0.717) is 5.57 Å². The van der Waals surface area contributed by atoms with Gasteiger partial charge in [0.1, 0.15) is 11.2 Å². The van der Waals surface area contributed by atoms with Crippen LogP contribution in [0.1, 0.15) is 55.4 Å². The fraction of sp³-hybridized carbons (Fsp3) is 0.778. The molecule has 1 N–H and O–H groups in total. The molecule has 0 spiro atoms. The zero-order valence-corrected chi connectivity index (χ0v) is 16.0. The van der Waals surface area contributed by atoms with Gasteiger partial charge in [-0.15, -0.1) is 0 Å². The molecule has 0 aromatic heterocycles. The van der Waals surface area contributed by atoms with Gasteiger partial charge in [0.05, 0.1) is 12.6 Å². The second kappa shape index (κ2) is 7.13. The first-order chi connectivity index (χ1) is 10.7. The van der Waals surface area contributed by atoms with Crippen LogP contribution in [0.3, 0.4) is 0 Å². The SMILES string of the molecule is CC(C)/C=C1/[C@H](O)CN(C(=O)OC(C)(C)C)[C@@H]1C(=O)OC(C)(C)C. The largest absolute Gasteiger partial charge is 0.458 e. The maximum atomic E-state index is 12.7. The second-order valence-corrected chi connectivity index (χ2v) is 8.50. The topological polar surface area (TPSA) is 76.1 Å². The molecule has 0 aromatic rings. The molecule has 0 unspecified atom stereocenters. The highest BCUT2D eigenvalue weighted by molar-refractivity contribution is 5.86. The van der Waals surface area contributed by atoms with E-state index < -0.39 is 35.4 Å².